The molecule has 1 saturated heterocycles. The Labute approximate surface area is 144 Å². The fraction of sp³-hybridized carbons (Fsp3) is 0.278. The van der Waals surface area contributed by atoms with Crippen LogP contribution >= 0.6 is 0 Å². The predicted molar refractivity (Wildman–Crippen MR) is 94.4 cm³/mol. The van der Waals surface area contributed by atoms with Crippen LogP contribution in [0, 0.1) is 5.92 Å². The highest BCUT2D eigenvalue weighted by Gasteiger charge is 2.34. The predicted octanol–water partition coefficient (Wildman–Crippen LogP) is 1.18. The number of fused-ring (bicyclic) bond motifs is 1. The zero-order valence-electron chi connectivity index (χ0n) is 13.6. The van der Waals surface area contributed by atoms with Gasteiger partial charge in [-0.05, 0) is 24.3 Å². The lowest BCUT2D eigenvalue weighted by molar-refractivity contribution is 0.0923. The van der Waals surface area contributed by atoms with E-state index in [0.717, 1.165) is 16.7 Å². The molecule has 3 aromatic rings. The number of amides is 1. The Hall–Kier alpha value is -2.93. The highest BCUT2D eigenvalue weighted by atomic mass is 16.3. The van der Waals surface area contributed by atoms with Gasteiger partial charge in [0, 0.05) is 54.5 Å². The van der Waals surface area contributed by atoms with Crippen LogP contribution in [0.1, 0.15) is 10.4 Å². The van der Waals surface area contributed by atoms with Crippen molar-refractivity contribution in [3.05, 3.63) is 54.6 Å². The molecule has 1 amide bonds. The number of aromatic amines is 1. The summed E-state index contributed by atoms with van der Waals surface area (Å²) >= 11 is 0. The van der Waals surface area contributed by atoms with Crippen LogP contribution in [0.2, 0.25) is 0 Å². The summed E-state index contributed by atoms with van der Waals surface area (Å²) in [6.45, 7) is 1.27. The number of hydrogen-bond acceptors (Lipinski definition) is 5. The maximum atomic E-state index is 12.8. The van der Waals surface area contributed by atoms with Crippen molar-refractivity contribution in [1.82, 2.24) is 20.3 Å². The van der Waals surface area contributed by atoms with E-state index < -0.39 is 0 Å². The van der Waals surface area contributed by atoms with Crippen LogP contribution in [0.4, 0.5) is 5.82 Å². The van der Waals surface area contributed by atoms with E-state index in [0.29, 0.717) is 18.7 Å². The van der Waals surface area contributed by atoms with Crippen LogP contribution in [0.5, 0.6) is 0 Å². The van der Waals surface area contributed by atoms with Gasteiger partial charge in [0.15, 0.2) is 0 Å². The Morgan fingerprint density at radius 2 is 2.24 bits per heavy atom. The minimum Gasteiger partial charge on any atom is -0.396 e. The highest BCUT2D eigenvalue weighted by Crippen LogP contribution is 2.23. The second-order valence-corrected chi connectivity index (χ2v) is 6.24. The summed E-state index contributed by atoms with van der Waals surface area (Å²) in [5, 5.41) is 13.7. The molecule has 1 aliphatic heterocycles. The van der Waals surface area contributed by atoms with Crippen molar-refractivity contribution in [2.45, 2.75) is 6.04 Å². The summed E-state index contributed by atoms with van der Waals surface area (Å²) in [4.78, 5) is 26.1. The maximum Gasteiger partial charge on any atom is 0.252 e. The number of anilines is 1. The Balaban J connectivity index is 1.53. The molecule has 0 unspecified atom stereocenters. The lowest BCUT2D eigenvalue weighted by Crippen LogP contribution is -2.41. The third-order valence-electron chi connectivity index (χ3n) is 4.72. The molecule has 1 aliphatic rings. The van der Waals surface area contributed by atoms with E-state index in [1.54, 1.807) is 6.20 Å². The molecule has 1 fully saturated rings. The Morgan fingerprint density at radius 3 is 3.04 bits per heavy atom. The largest absolute Gasteiger partial charge is 0.396 e. The summed E-state index contributed by atoms with van der Waals surface area (Å²) in [7, 11) is 0. The lowest BCUT2D eigenvalue weighted by Gasteiger charge is -2.18. The Bertz CT molecular complexity index is 879. The van der Waals surface area contributed by atoms with E-state index in [2.05, 4.69) is 25.2 Å². The van der Waals surface area contributed by atoms with E-state index in [9.17, 15) is 9.90 Å². The van der Waals surface area contributed by atoms with Gasteiger partial charge in [-0.3, -0.25) is 4.79 Å². The Morgan fingerprint density at radius 1 is 1.32 bits per heavy atom. The molecule has 0 aliphatic carbocycles. The second-order valence-electron chi connectivity index (χ2n) is 6.24. The van der Waals surface area contributed by atoms with E-state index in [-0.39, 0.29) is 24.5 Å². The molecule has 0 saturated carbocycles. The number of hydrogen-bond donors (Lipinski definition) is 3. The molecule has 0 bridgehead atoms. The van der Waals surface area contributed by atoms with Crippen molar-refractivity contribution in [2.75, 3.05) is 24.6 Å². The molecular weight excluding hydrogens is 318 g/mol. The average Bonchev–Trinajstić information content (AvgIpc) is 3.28. The maximum absolute atomic E-state index is 12.8. The molecular formula is C18H19N5O2. The van der Waals surface area contributed by atoms with Crippen LogP contribution in [0.25, 0.3) is 10.9 Å². The average molecular weight is 337 g/mol. The molecule has 128 valence electrons. The van der Waals surface area contributed by atoms with Gasteiger partial charge in [0.25, 0.3) is 5.91 Å². The van der Waals surface area contributed by atoms with Gasteiger partial charge in [0.2, 0.25) is 0 Å². The number of aliphatic hydroxyl groups is 1. The van der Waals surface area contributed by atoms with Gasteiger partial charge in [-0.25, -0.2) is 9.97 Å². The fourth-order valence-corrected chi connectivity index (χ4v) is 3.41. The molecule has 0 spiro atoms. The van der Waals surface area contributed by atoms with Gasteiger partial charge in [0.05, 0.1) is 6.04 Å². The highest BCUT2D eigenvalue weighted by molar-refractivity contribution is 6.06. The number of nitrogens with zero attached hydrogens (tertiary/aromatic N) is 3. The Kier molecular flexibility index (Phi) is 4.07. The van der Waals surface area contributed by atoms with Crippen molar-refractivity contribution in [3.63, 3.8) is 0 Å². The first-order valence-electron chi connectivity index (χ1n) is 8.25. The molecule has 2 atom stereocenters. The first kappa shape index (κ1) is 15.6. The monoisotopic (exact) mass is 337 g/mol. The number of aliphatic hydroxyl groups excluding tert-OH is 1. The van der Waals surface area contributed by atoms with Crippen molar-refractivity contribution in [3.8, 4) is 0 Å². The normalized spacial score (nSPS) is 20.1. The first-order chi connectivity index (χ1) is 12.3. The molecule has 2 aromatic heterocycles. The summed E-state index contributed by atoms with van der Waals surface area (Å²) in [6, 6.07) is 9.21. The van der Waals surface area contributed by atoms with E-state index in [4.69, 9.17) is 0 Å². The number of carbonyl (C=O) groups is 1. The van der Waals surface area contributed by atoms with Crippen molar-refractivity contribution in [2.24, 2.45) is 5.92 Å². The molecule has 3 heterocycles. The van der Waals surface area contributed by atoms with Crippen molar-refractivity contribution in [1.29, 1.82) is 0 Å². The van der Waals surface area contributed by atoms with Crippen LogP contribution < -0.4 is 10.2 Å². The smallest absolute Gasteiger partial charge is 0.252 e. The van der Waals surface area contributed by atoms with Crippen LogP contribution in [0.15, 0.2) is 49.1 Å². The summed E-state index contributed by atoms with van der Waals surface area (Å²) in [6.07, 6.45) is 5.01. The van der Waals surface area contributed by atoms with Crippen molar-refractivity contribution >= 4 is 22.6 Å². The lowest BCUT2D eigenvalue weighted by atomic mass is 10.0. The molecule has 7 heteroatoms. The zero-order valence-corrected chi connectivity index (χ0v) is 13.6. The minimum absolute atomic E-state index is 0.0148. The second kappa shape index (κ2) is 6.52. The number of nitrogens with one attached hydrogen (secondary N) is 2. The molecule has 25 heavy (non-hydrogen) atoms. The summed E-state index contributed by atoms with van der Waals surface area (Å²) in [5.74, 6) is 0.639. The zero-order chi connectivity index (χ0) is 17.2. The third kappa shape index (κ3) is 2.94. The van der Waals surface area contributed by atoms with Crippen molar-refractivity contribution < 1.29 is 9.90 Å². The minimum atomic E-state index is -0.137. The molecule has 3 N–H and O–H groups in total. The molecule has 1 aromatic carbocycles. The van der Waals surface area contributed by atoms with Gasteiger partial charge in [-0.2, -0.15) is 0 Å². The molecule has 4 rings (SSSR count). The van der Waals surface area contributed by atoms with Gasteiger partial charge < -0.3 is 20.3 Å². The quantitative estimate of drug-likeness (QED) is 0.665. The number of benzene rings is 1. The summed E-state index contributed by atoms with van der Waals surface area (Å²) in [5.41, 5.74) is 1.57. The summed E-state index contributed by atoms with van der Waals surface area (Å²) < 4.78 is 0. The van der Waals surface area contributed by atoms with Crippen LogP contribution in [-0.2, 0) is 0 Å². The third-order valence-corrected chi connectivity index (χ3v) is 4.72. The van der Waals surface area contributed by atoms with Crippen LogP contribution in [0.3, 0.4) is 0 Å². The van der Waals surface area contributed by atoms with Gasteiger partial charge in [-0.1, -0.05) is 6.07 Å². The first-order valence-corrected chi connectivity index (χ1v) is 8.25. The topological polar surface area (TPSA) is 94.1 Å². The SMILES string of the molecule is O=C(N[C@@H]1CN(c2ccncn2)C[C@H]1CO)c1cccc2[nH]ccc12. The fourth-order valence-electron chi connectivity index (χ4n) is 3.41. The van der Waals surface area contributed by atoms with Gasteiger partial charge in [-0.15, -0.1) is 0 Å². The van der Waals surface area contributed by atoms with E-state index >= 15 is 0 Å². The van der Waals surface area contributed by atoms with E-state index in [1.807, 2.05) is 36.5 Å². The van der Waals surface area contributed by atoms with Gasteiger partial charge >= 0.3 is 0 Å². The number of H-pyrrole nitrogens is 1. The molecule has 7 nitrogen and oxygen atoms in total. The molecule has 0 radical (unpaired) electrons. The van der Waals surface area contributed by atoms with Crippen LogP contribution in [-0.4, -0.2) is 51.7 Å². The van der Waals surface area contributed by atoms with E-state index in [1.165, 1.54) is 6.33 Å². The standard InChI is InChI=1S/C18H19N5O2/c24-10-12-8-23(17-5-6-19-11-21-17)9-16(12)22-18(25)14-2-1-3-15-13(14)4-7-20-15/h1-7,11-12,16,20,24H,8-10H2,(H,22,25)/t12-,16+/m0/s1. The number of rotatable bonds is 4. The van der Waals surface area contributed by atoms with Gasteiger partial charge in [0.1, 0.15) is 12.1 Å². The number of aromatic nitrogens is 3. The number of carbonyl (C=O) groups excluding carboxylic acids is 1.